The van der Waals surface area contributed by atoms with Crippen molar-refractivity contribution < 1.29 is 0 Å². The van der Waals surface area contributed by atoms with Gasteiger partial charge in [0.15, 0.2) is 0 Å². The lowest BCUT2D eigenvalue weighted by atomic mass is 9.80. The van der Waals surface area contributed by atoms with E-state index < -0.39 is 0 Å². The van der Waals surface area contributed by atoms with Crippen molar-refractivity contribution in [1.82, 2.24) is 0 Å². The second kappa shape index (κ2) is 5.40. The van der Waals surface area contributed by atoms with E-state index in [1.807, 2.05) is 0 Å². The molecule has 0 aromatic rings. The molecule has 0 aromatic heterocycles. The summed E-state index contributed by atoms with van der Waals surface area (Å²) in [7, 11) is 0. The van der Waals surface area contributed by atoms with Crippen molar-refractivity contribution >= 4 is 0 Å². The third kappa shape index (κ3) is 3.00. The van der Waals surface area contributed by atoms with Gasteiger partial charge in [-0.05, 0) is 44.4 Å². The summed E-state index contributed by atoms with van der Waals surface area (Å²) < 4.78 is 0. The van der Waals surface area contributed by atoms with E-state index >= 15 is 0 Å². The largest absolute Gasteiger partial charge is 0.0914 e. The van der Waals surface area contributed by atoms with Crippen LogP contribution in [-0.4, -0.2) is 0 Å². The highest BCUT2D eigenvalue weighted by molar-refractivity contribution is 4.88. The molecule has 0 saturated heterocycles. The van der Waals surface area contributed by atoms with Crippen molar-refractivity contribution in [1.29, 1.82) is 0 Å². The lowest BCUT2D eigenvalue weighted by Gasteiger charge is -2.26. The minimum atomic E-state index is 0.906. The molecule has 0 bridgehead atoms. The van der Waals surface area contributed by atoms with Gasteiger partial charge in [0.05, 0.1) is 0 Å². The fraction of sp³-hybridized carbons (Fsp3) is 0.833. The zero-order chi connectivity index (χ0) is 8.81. The van der Waals surface area contributed by atoms with E-state index in [0.29, 0.717) is 0 Å². The number of rotatable bonds is 3. The van der Waals surface area contributed by atoms with Crippen LogP contribution >= 0.6 is 0 Å². The highest BCUT2D eigenvalue weighted by Crippen LogP contribution is 2.31. The molecule has 0 atom stereocenters. The first-order chi connectivity index (χ1) is 5.86. The molecule has 0 unspecified atom stereocenters. The maximum absolute atomic E-state index is 2.39. The molecule has 0 spiro atoms. The van der Waals surface area contributed by atoms with Gasteiger partial charge in [-0.25, -0.2) is 0 Å². The van der Waals surface area contributed by atoms with Crippen molar-refractivity contribution in [3.8, 4) is 0 Å². The van der Waals surface area contributed by atoms with E-state index in [9.17, 15) is 0 Å². The smallest absolute Gasteiger partial charge is 0.0233 e. The first-order valence-corrected chi connectivity index (χ1v) is 5.49. The Morgan fingerprint density at radius 1 is 1.17 bits per heavy atom. The molecule has 0 heteroatoms. The monoisotopic (exact) mass is 166 g/mol. The van der Waals surface area contributed by atoms with Crippen molar-refractivity contribution in [2.75, 3.05) is 0 Å². The summed E-state index contributed by atoms with van der Waals surface area (Å²) in [5.74, 6) is 1.96. The molecule has 0 N–H and O–H groups in total. The van der Waals surface area contributed by atoms with Crippen LogP contribution in [0.15, 0.2) is 12.2 Å². The van der Waals surface area contributed by atoms with Crippen molar-refractivity contribution in [2.24, 2.45) is 11.8 Å². The fourth-order valence-corrected chi connectivity index (χ4v) is 2.35. The van der Waals surface area contributed by atoms with Crippen LogP contribution in [0.1, 0.15) is 52.4 Å². The van der Waals surface area contributed by atoms with Gasteiger partial charge in [-0.1, -0.05) is 31.9 Å². The van der Waals surface area contributed by atoms with Gasteiger partial charge in [0, 0.05) is 0 Å². The van der Waals surface area contributed by atoms with E-state index in [1.54, 1.807) is 0 Å². The van der Waals surface area contributed by atoms with Crippen LogP contribution in [0.3, 0.4) is 0 Å². The minimum Gasteiger partial charge on any atom is -0.0914 e. The summed E-state index contributed by atoms with van der Waals surface area (Å²) in [5.41, 5.74) is 0. The van der Waals surface area contributed by atoms with E-state index in [1.165, 1.54) is 38.5 Å². The van der Waals surface area contributed by atoms with Crippen LogP contribution in [0.25, 0.3) is 0 Å². The average molecular weight is 166 g/mol. The van der Waals surface area contributed by atoms with Gasteiger partial charge in [-0.3, -0.25) is 0 Å². The molecule has 12 heavy (non-hydrogen) atoms. The Labute approximate surface area is 77.1 Å². The van der Waals surface area contributed by atoms with Gasteiger partial charge in [-0.15, -0.1) is 0 Å². The zero-order valence-corrected chi connectivity index (χ0v) is 8.55. The zero-order valence-electron chi connectivity index (χ0n) is 8.55. The van der Waals surface area contributed by atoms with Crippen molar-refractivity contribution in [3.63, 3.8) is 0 Å². The first kappa shape index (κ1) is 9.83. The molecule has 0 aliphatic heterocycles. The second-order valence-corrected chi connectivity index (χ2v) is 4.10. The molecule has 1 saturated carbocycles. The first-order valence-electron chi connectivity index (χ1n) is 5.49. The van der Waals surface area contributed by atoms with E-state index in [4.69, 9.17) is 0 Å². The third-order valence-electron chi connectivity index (χ3n) is 3.05. The number of allylic oxidation sites excluding steroid dienone is 2. The van der Waals surface area contributed by atoms with Crippen LogP contribution in [0.5, 0.6) is 0 Å². The average Bonchev–Trinajstić information content (AvgIpc) is 2.09. The van der Waals surface area contributed by atoms with Gasteiger partial charge < -0.3 is 0 Å². The predicted molar refractivity (Wildman–Crippen MR) is 55.2 cm³/mol. The lowest BCUT2D eigenvalue weighted by Crippen LogP contribution is -2.12. The normalized spacial score (nSPS) is 31.2. The SMILES string of the molecule is CC=CC1CCC(CCC)CC1. The van der Waals surface area contributed by atoms with Crippen LogP contribution < -0.4 is 0 Å². The minimum absolute atomic E-state index is 0.906. The summed E-state index contributed by atoms with van der Waals surface area (Å²) in [4.78, 5) is 0. The number of hydrogen-bond donors (Lipinski definition) is 0. The maximum Gasteiger partial charge on any atom is -0.0233 e. The topological polar surface area (TPSA) is 0 Å². The molecule has 0 aromatic carbocycles. The van der Waals surface area contributed by atoms with Gasteiger partial charge in [0.25, 0.3) is 0 Å². The molecule has 1 aliphatic carbocycles. The summed E-state index contributed by atoms with van der Waals surface area (Å²) in [6, 6.07) is 0. The Morgan fingerprint density at radius 3 is 2.33 bits per heavy atom. The van der Waals surface area contributed by atoms with Crippen molar-refractivity contribution in [3.05, 3.63) is 12.2 Å². The second-order valence-electron chi connectivity index (χ2n) is 4.10. The summed E-state index contributed by atoms with van der Waals surface area (Å²) in [5, 5.41) is 0. The molecule has 1 fully saturated rings. The van der Waals surface area contributed by atoms with Crippen LogP contribution in [-0.2, 0) is 0 Å². The molecular weight excluding hydrogens is 144 g/mol. The molecule has 70 valence electrons. The third-order valence-corrected chi connectivity index (χ3v) is 3.05. The predicted octanol–water partition coefficient (Wildman–Crippen LogP) is 4.17. The van der Waals surface area contributed by atoms with Crippen LogP contribution in [0, 0.1) is 11.8 Å². The summed E-state index contributed by atoms with van der Waals surface area (Å²) in [6.45, 7) is 4.44. The Balaban J connectivity index is 2.20. The quantitative estimate of drug-likeness (QED) is 0.552. The molecular formula is C12H22. The summed E-state index contributed by atoms with van der Waals surface area (Å²) in [6.07, 6.45) is 13.3. The molecule has 1 aliphatic rings. The van der Waals surface area contributed by atoms with E-state index in [0.717, 1.165) is 11.8 Å². The Bertz CT molecular complexity index is 127. The van der Waals surface area contributed by atoms with Crippen molar-refractivity contribution in [2.45, 2.75) is 52.4 Å². The molecule has 1 rings (SSSR count). The molecule has 0 nitrogen and oxygen atoms in total. The number of hydrogen-bond acceptors (Lipinski definition) is 0. The Morgan fingerprint density at radius 2 is 1.83 bits per heavy atom. The van der Waals surface area contributed by atoms with E-state index in [-0.39, 0.29) is 0 Å². The molecule has 0 radical (unpaired) electrons. The highest BCUT2D eigenvalue weighted by atomic mass is 14.2. The Hall–Kier alpha value is -0.260. The highest BCUT2D eigenvalue weighted by Gasteiger charge is 2.17. The van der Waals surface area contributed by atoms with E-state index in [2.05, 4.69) is 26.0 Å². The standard InChI is InChI=1S/C12H22/c1-3-5-11-7-9-12(6-4-2)10-8-11/h3,5,11-12H,4,6-10H2,1-2H3. The molecule has 0 heterocycles. The lowest BCUT2D eigenvalue weighted by molar-refractivity contribution is 0.294. The van der Waals surface area contributed by atoms with Gasteiger partial charge >= 0.3 is 0 Å². The van der Waals surface area contributed by atoms with Crippen LogP contribution in [0.4, 0.5) is 0 Å². The Kier molecular flexibility index (Phi) is 4.42. The maximum atomic E-state index is 2.39. The van der Waals surface area contributed by atoms with Gasteiger partial charge in [0.1, 0.15) is 0 Å². The van der Waals surface area contributed by atoms with Gasteiger partial charge in [-0.2, -0.15) is 0 Å². The molecule has 0 amide bonds. The summed E-state index contributed by atoms with van der Waals surface area (Å²) >= 11 is 0. The fourth-order valence-electron chi connectivity index (χ4n) is 2.35. The van der Waals surface area contributed by atoms with Gasteiger partial charge in [0.2, 0.25) is 0 Å². The van der Waals surface area contributed by atoms with Crippen LogP contribution in [0.2, 0.25) is 0 Å².